The van der Waals surface area contributed by atoms with Gasteiger partial charge in [0.15, 0.2) is 0 Å². The molecular weight excluding hydrogens is 164 g/mol. The third-order valence-electron chi connectivity index (χ3n) is 1.91. The minimum atomic E-state index is 0.0445. The van der Waals surface area contributed by atoms with E-state index in [1.165, 1.54) is 0 Å². The van der Waals surface area contributed by atoms with Gasteiger partial charge in [-0.25, -0.2) is 0 Å². The molecule has 0 heterocycles. The Labute approximate surface area is 78.7 Å². The fourth-order valence-corrected chi connectivity index (χ4v) is 1.00. The molecule has 0 amide bonds. The zero-order valence-corrected chi connectivity index (χ0v) is 8.08. The van der Waals surface area contributed by atoms with Gasteiger partial charge in [0.05, 0.1) is 0 Å². The maximum atomic E-state index is 5.67. The Morgan fingerprint density at radius 2 is 2.15 bits per heavy atom. The first-order valence-electron chi connectivity index (χ1n) is 4.36. The lowest BCUT2D eigenvalue weighted by Gasteiger charge is -2.13. The average molecular weight is 180 g/mol. The summed E-state index contributed by atoms with van der Waals surface area (Å²) in [4.78, 5) is 0. The number of benzene rings is 1. The molecule has 0 aromatic heterocycles. The first-order valence-corrected chi connectivity index (χ1v) is 4.36. The third kappa shape index (κ3) is 2.63. The van der Waals surface area contributed by atoms with Crippen LogP contribution in [0.15, 0.2) is 18.2 Å². The van der Waals surface area contributed by atoms with Crippen molar-refractivity contribution in [3.05, 3.63) is 23.8 Å². The zero-order valence-electron chi connectivity index (χ0n) is 8.08. The Balaban J connectivity index is 2.73. The van der Waals surface area contributed by atoms with Gasteiger partial charge in [0, 0.05) is 12.2 Å². The van der Waals surface area contributed by atoms with Gasteiger partial charge in [0.2, 0.25) is 0 Å². The van der Waals surface area contributed by atoms with Crippen LogP contribution in [-0.4, -0.2) is 12.6 Å². The highest BCUT2D eigenvalue weighted by Crippen LogP contribution is 2.19. The van der Waals surface area contributed by atoms with Crippen LogP contribution in [0.2, 0.25) is 0 Å². The first kappa shape index (κ1) is 9.86. The summed E-state index contributed by atoms with van der Waals surface area (Å²) in [5.74, 6) is 0.824. The summed E-state index contributed by atoms with van der Waals surface area (Å²) < 4.78 is 5.52. The Morgan fingerprint density at radius 1 is 1.46 bits per heavy atom. The van der Waals surface area contributed by atoms with Crippen LogP contribution in [0.3, 0.4) is 0 Å². The van der Waals surface area contributed by atoms with Crippen molar-refractivity contribution in [3.8, 4) is 5.75 Å². The van der Waals surface area contributed by atoms with E-state index in [2.05, 4.69) is 0 Å². The van der Waals surface area contributed by atoms with Gasteiger partial charge < -0.3 is 16.2 Å². The molecule has 0 aliphatic rings. The van der Waals surface area contributed by atoms with E-state index in [-0.39, 0.29) is 6.10 Å². The van der Waals surface area contributed by atoms with Crippen molar-refractivity contribution in [3.63, 3.8) is 0 Å². The summed E-state index contributed by atoms with van der Waals surface area (Å²) >= 11 is 0. The van der Waals surface area contributed by atoms with E-state index in [9.17, 15) is 0 Å². The summed E-state index contributed by atoms with van der Waals surface area (Å²) in [6.07, 6.45) is 0.0445. The molecule has 0 fully saturated rings. The van der Waals surface area contributed by atoms with Crippen LogP contribution in [0, 0.1) is 6.92 Å². The van der Waals surface area contributed by atoms with Gasteiger partial charge in [-0.15, -0.1) is 0 Å². The monoisotopic (exact) mass is 180 g/mol. The van der Waals surface area contributed by atoms with Crippen LogP contribution in [-0.2, 0) is 0 Å². The predicted octanol–water partition coefficient (Wildman–Crippen LogP) is 1.30. The van der Waals surface area contributed by atoms with Crippen LogP contribution in [0.25, 0.3) is 0 Å². The molecule has 0 spiro atoms. The van der Waals surface area contributed by atoms with E-state index < -0.39 is 0 Å². The van der Waals surface area contributed by atoms with E-state index >= 15 is 0 Å². The van der Waals surface area contributed by atoms with Crippen molar-refractivity contribution >= 4 is 5.69 Å². The van der Waals surface area contributed by atoms with E-state index in [1.807, 2.05) is 32.0 Å². The lowest BCUT2D eigenvalue weighted by Crippen LogP contribution is -2.22. The number of aryl methyl sites for hydroxylation is 1. The average Bonchev–Trinajstić information content (AvgIpc) is 2.11. The van der Waals surface area contributed by atoms with Crippen molar-refractivity contribution in [1.29, 1.82) is 0 Å². The van der Waals surface area contributed by atoms with Crippen molar-refractivity contribution in [1.82, 2.24) is 0 Å². The summed E-state index contributed by atoms with van der Waals surface area (Å²) in [5, 5.41) is 0. The van der Waals surface area contributed by atoms with Crippen molar-refractivity contribution < 1.29 is 4.74 Å². The minimum Gasteiger partial charge on any atom is -0.489 e. The number of rotatable bonds is 3. The predicted molar refractivity (Wildman–Crippen MR) is 54.7 cm³/mol. The fourth-order valence-electron chi connectivity index (χ4n) is 1.00. The highest BCUT2D eigenvalue weighted by atomic mass is 16.5. The molecule has 0 aliphatic carbocycles. The largest absolute Gasteiger partial charge is 0.489 e. The van der Waals surface area contributed by atoms with Crippen molar-refractivity contribution in [2.75, 3.05) is 12.3 Å². The van der Waals surface area contributed by atoms with E-state index in [0.29, 0.717) is 6.54 Å². The Hall–Kier alpha value is -1.22. The lowest BCUT2D eigenvalue weighted by atomic mass is 10.2. The Morgan fingerprint density at radius 3 is 2.69 bits per heavy atom. The molecule has 0 bridgehead atoms. The molecule has 1 unspecified atom stereocenters. The van der Waals surface area contributed by atoms with Gasteiger partial charge in [-0.05, 0) is 37.6 Å². The normalized spacial score (nSPS) is 12.5. The number of hydrogen-bond acceptors (Lipinski definition) is 3. The molecule has 0 saturated carbocycles. The molecule has 1 aromatic carbocycles. The lowest BCUT2D eigenvalue weighted by molar-refractivity contribution is 0.230. The summed E-state index contributed by atoms with van der Waals surface area (Å²) in [7, 11) is 0. The number of nitrogens with two attached hydrogens (primary N) is 2. The fraction of sp³-hybridized carbons (Fsp3) is 0.400. The molecule has 1 atom stereocenters. The molecule has 1 rings (SSSR count). The quantitative estimate of drug-likeness (QED) is 0.689. The van der Waals surface area contributed by atoms with Gasteiger partial charge >= 0.3 is 0 Å². The third-order valence-corrected chi connectivity index (χ3v) is 1.91. The SMILES string of the molecule is Cc1cc(OC(C)CN)ccc1N. The smallest absolute Gasteiger partial charge is 0.120 e. The van der Waals surface area contributed by atoms with E-state index in [0.717, 1.165) is 17.0 Å². The van der Waals surface area contributed by atoms with Crippen LogP contribution < -0.4 is 16.2 Å². The second-order valence-corrected chi connectivity index (χ2v) is 3.18. The molecule has 0 radical (unpaired) electrons. The topological polar surface area (TPSA) is 61.3 Å². The molecule has 13 heavy (non-hydrogen) atoms. The van der Waals surface area contributed by atoms with E-state index in [4.69, 9.17) is 16.2 Å². The van der Waals surface area contributed by atoms with Gasteiger partial charge in [-0.1, -0.05) is 0 Å². The van der Waals surface area contributed by atoms with E-state index in [1.54, 1.807) is 0 Å². The van der Waals surface area contributed by atoms with Crippen LogP contribution in [0.5, 0.6) is 5.75 Å². The molecule has 72 valence electrons. The molecule has 0 aliphatic heterocycles. The zero-order chi connectivity index (χ0) is 9.84. The van der Waals surface area contributed by atoms with Crippen molar-refractivity contribution in [2.24, 2.45) is 5.73 Å². The number of ether oxygens (including phenoxy) is 1. The first-order chi connectivity index (χ1) is 6.13. The highest BCUT2D eigenvalue weighted by molar-refractivity contribution is 5.49. The van der Waals surface area contributed by atoms with Crippen LogP contribution in [0.1, 0.15) is 12.5 Å². The summed E-state index contributed by atoms with van der Waals surface area (Å²) in [6.45, 7) is 4.41. The molecular formula is C10H16N2O. The van der Waals surface area contributed by atoms with Gasteiger partial charge in [0.1, 0.15) is 11.9 Å². The molecule has 3 heteroatoms. The van der Waals surface area contributed by atoms with Crippen molar-refractivity contribution in [2.45, 2.75) is 20.0 Å². The minimum absolute atomic E-state index is 0.0445. The maximum absolute atomic E-state index is 5.67. The molecule has 0 saturated heterocycles. The summed E-state index contributed by atoms with van der Waals surface area (Å²) in [6, 6.07) is 5.61. The molecule has 1 aromatic rings. The van der Waals surface area contributed by atoms with Crippen LogP contribution >= 0.6 is 0 Å². The Kier molecular flexibility index (Phi) is 3.14. The highest BCUT2D eigenvalue weighted by Gasteiger charge is 2.02. The standard InChI is InChI=1S/C10H16N2O/c1-7-5-9(3-4-10(7)12)13-8(2)6-11/h3-5,8H,6,11-12H2,1-2H3. The summed E-state index contributed by atoms with van der Waals surface area (Å²) in [5.41, 5.74) is 12.9. The second-order valence-electron chi connectivity index (χ2n) is 3.18. The number of hydrogen-bond donors (Lipinski definition) is 2. The van der Waals surface area contributed by atoms with Crippen LogP contribution in [0.4, 0.5) is 5.69 Å². The Bertz CT molecular complexity index is 286. The maximum Gasteiger partial charge on any atom is 0.120 e. The van der Waals surface area contributed by atoms with Gasteiger partial charge in [-0.3, -0.25) is 0 Å². The second kappa shape index (κ2) is 4.14. The molecule has 4 N–H and O–H groups in total. The van der Waals surface area contributed by atoms with Gasteiger partial charge in [0.25, 0.3) is 0 Å². The van der Waals surface area contributed by atoms with Gasteiger partial charge in [-0.2, -0.15) is 0 Å². The number of nitrogen functional groups attached to an aromatic ring is 1. The number of anilines is 1. The molecule has 3 nitrogen and oxygen atoms in total.